The number of nitrogen functional groups attached to an aromatic ring is 1. The molecule has 2 rings (SSSR count). The van der Waals surface area contributed by atoms with Crippen LogP contribution < -0.4 is 11.1 Å². The Kier molecular flexibility index (Phi) is 5.50. The lowest BCUT2D eigenvalue weighted by Crippen LogP contribution is -2.23. The standard InChI is InChI=1S/C18H22N2OS/c1-4-14-9-7-8-12(2)17(14)20-18(21)13(3)22-16-11-6-5-10-15(16)19/h5-11,13H,4,19H2,1-3H3,(H,20,21). The maximum atomic E-state index is 12.5. The lowest BCUT2D eigenvalue weighted by Gasteiger charge is -2.16. The fourth-order valence-electron chi connectivity index (χ4n) is 2.26. The summed E-state index contributed by atoms with van der Waals surface area (Å²) in [5.74, 6) is -0.00254. The highest BCUT2D eigenvalue weighted by atomic mass is 32.2. The van der Waals surface area contributed by atoms with Crippen LogP contribution in [0.3, 0.4) is 0 Å². The van der Waals surface area contributed by atoms with Gasteiger partial charge in [0.15, 0.2) is 0 Å². The molecule has 0 spiro atoms. The van der Waals surface area contributed by atoms with Crippen molar-refractivity contribution in [2.24, 2.45) is 0 Å². The van der Waals surface area contributed by atoms with E-state index in [0.29, 0.717) is 5.69 Å². The molecule has 0 aliphatic carbocycles. The smallest absolute Gasteiger partial charge is 0.237 e. The van der Waals surface area contributed by atoms with Gasteiger partial charge in [0, 0.05) is 16.3 Å². The predicted molar refractivity (Wildman–Crippen MR) is 95.4 cm³/mol. The summed E-state index contributed by atoms with van der Waals surface area (Å²) < 4.78 is 0. The summed E-state index contributed by atoms with van der Waals surface area (Å²) in [4.78, 5) is 13.4. The summed E-state index contributed by atoms with van der Waals surface area (Å²) in [5.41, 5.74) is 9.82. The molecule has 1 unspecified atom stereocenters. The fourth-order valence-corrected chi connectivity index (χ4v) is 3.17. The molecule has 3 N–H and O–H groups in total. The predicted octanol–water partition coefficient (Wildman–Crippen LogP) is 4.26. The molecule has 1 atom stereocenters. The Morgan fingerprint density at radius 2 is 1.95 bits per heavy atom. The second kappa shape index (κ2) is 7.36. The summed E-state index contributed by atoms with van der Waals surface area (Å²) in [6.45, 7) is 6.01. The van der Waals surface area contributed by atoms with E-state index in [-0.39, 0.29) is 11.2 Å². The summed E-state index contributed by atoms with van der Waals surface area (Å²) in [5, 5.41) is 2.85. The van der Waals surface area contributed by atoms with Gasteiger partial charge >= 0.3 is 0 Å². The largest absolute Gasteiger partial charge is 0.398 e. The van der Waals surface area contributed by atoms with Gasteiger partial charge < -0.3 is 11.1 Å². The molecule has 2 aromatic carbocycles. The number of benzene rings is 2. The van der Waals surface area contributed by atoms with Crippen LogP contribution in [0.15, 0.2) is 47.4 Å². The van der Waals surface area contributed by atoms with Gasteiger partial charge in [0.1, 0.15) is 0 Å². The van der Waals surface area contributed by atoms with E-state index in [1.165, 1.54) is 11.8 Å². The molecule has 0 saturated carbocycles. The molecule has 0 bridgehead atoms. The second-order valence-electron chi connectivity index (χ2n) is 5.25. The number of thioether (sulfide) groups is 1. The van der Waals surface area contributed by atoms with Crippen LogP contribution in [-0.2, 0) is 11.2 Å². The number of nitrogens with two attached hydrogens (primary N) is 1. The molecule has 4 heteroatoms. The van der Waals surface area contributed by atoms with E-state index in [4.69, 9.17) is 5.73 Å². The van der Waals surface area contributed by atoms with Crippen molar-refractivity contribution in [2.45, 2.75) is 37.3 Å². The fraction of sp³-hybridized carbons (Fsp3) is 0.278. The van der Waals surface area contributed by atoms with Gasteiger partial charge in [0.25, 0.3) is 0 Å². The van der Waals surface area contributed by atoms with Gasteiger partial charge in [-0.1, -0.05) is 37.3 Å². The third kappa shape index (κ3) is 3.83. The Labute approximate surface area is 136 Å². The van der Waals surface area contributed by atoms with Crippen molar-refractivity contribution in [3.05, 3.63) is 53.6 Å². The van der Waals surface area contributed by atoms with Crippen LogP contribution >= 0.6 is 11.8 Å². The quantitative estimate of drug-likeness (QED) is 0.640. The molecule has 2 aromatic rings. The topological polar surface area (TPSA) is 55.1 Å². The first-order valence-electron chi connectivity index (χ1n) is 7.43. The third-order valence-corrected chi connectivity index (χ3v) is 4.77. The van der Waals surface area contributed by atoms with Crippen LogP contribution in [0.25, 0.3) is 0 Å². The number of carbonyl (C=O) groups excluding carboxylic acids is 1. The average molecular weight is 314 g/mol. The van der Waals surface area contributed by atoms with Crippen LogP contribution in [0.2, 0.25) is 0 Å². The summed E-state index contributed by atoms with van der Waals surface area (Å²) in [6, 6.07) is 13.7. The molecule has 0 aliphatic heterocycles. The van der Waals surface area contributed by atoms with Gasteiger partial charge in [0.05, 0.1) is 5.25 Å². The minimum atomic E-state index is -0.214. The highest BCUT2D eigenvalue weighted by molar-refractivity contribution is 8.00. The maximum Gasteiger partial charge on any atom is 0.237 e. The number of carbonyl (C=O) groups is 1. The molecular formula is C18H22N2OS. The molecule has 3 nitrogen and oxygen atoms in total. The van der Waals surface area contributed by atoms with Gasteiger partial charge in [-0.15, -0.1) is 11.8 Å². The van der Waals surface area contributed by atoms with Crippen molar-refractivity contribution in [2.75, 3.05) is 11.1 Å². The lowest BCUT2D eigenvalue weighted by atomic mass is 10.1. The maximum absolute atomic E-state index is 12.5. The van der Waals surface area contributed by atoms with Gasteiger partial charge in [0.2, 0.25) is 5.91 Å². The van der Waals surface area contributed by atoms with E-state index >= 15 is 0 Å². The third-order valence-electron chi connectivity index (χ3n) is 3.58. The summed E-state index contributed by atoms with van der Waals surface area (Å²) >= 11 is 1.48. The molecule has 0 heterocycles. The lowest BCUT2D eigenvalue weighted by molar-refractivity contribution is -0.115. The first-order valence-corrected chi connectivity index (χ1v) is 8.31. The Bertz CT molecular complexity index is 670. The Balaban J connectivity index is 2.11. The van der Waals surface area contributed by atoms with E-state index in [1.54, 1.807) is 0 Å². The van der Waals surface area contributed by atoms with E-state index in [9.17, 15) is 4.79 Å². The molecule has 0 fully saturated rings. The Hall–Kier alpha value is -1.94. The first-order chi connectivity index (χ1) is 10.5. The van der Waals surface area contributed by atoms with E-state index < -0.39 is 0 Å². The van der Waals surface area contributed by atoms with Gasteiger partial charge in [-0.25, -0.2) is 0 Å². The molecular weight excluding hydrogens is 292 g/mol. The number of amides is 1. The van der Waals surface area contributed by atoms with Crippen LogP contribution in [0, 0.1) is 6.92 Å². The van der Waals surface area contributed by atoms with Crippen LogP contribution in [0.4, 0.5) is 11.4 Å². The number of hydrogen-bond donors (Lipinski definition) is 2. The Morgan fingerprint density at radius 1 is 1.23 bits per heavy atom. The van der Waals surface area contributed by atoms with E-state index in [2.05, 4.69) is 18.3 Å². The zero-order chi connectivity index (χ0) is 16.1. The SMILES string of the molecule is CCc1cccc(C)c1NC(=O)C(C)Sc1ccccc1N. The number of hydrogen-bond acceptors (Lipinski definition) is 3. The van der Waals surface area contributed by atoms with Crippen LogP contribution in [0.5, 0.6) is 0 Å². The highest BCUT2D eigenvalue weighted by Gasteiger charge is 2.17. The second-order valence-corrected chi connectivity index (χ2v) is 6.63. The minimum Gasteiger partial charge on any atom is -0.398 e. The molecule has 1 amide bonds. The summed E-state index contributed by atoms with van der Waals surface area (Å²) in [6.07, 6.45) is 0.893. The zero-order valence-corrected chi connectivity index (χ0v) is 14.0. The van der Waals surface area contributed by atoms with E-state index in [0.717, 1.165) is 28.1 Å². The number of aryl methyl sites for hydroxylation is 2. The molecule has 22 heavy (non-hydrogen) atoms. The van der Waals surface area contributed by atoms with Crippen LogP contribution in [-0.4, -0.2) is 11.2 Å². The van der Waals surface area contributed by atoms with Crippen molar-refractivity contribution in [3.8, 4) is 0 Å². The molecule has 0 radical (unpaired) electrons. The van der Waals surface area contributed by atoms with Crippen molar-refractivity contribution < 1.29 is 4.79 Å². The normalized spacial score (nSPS) is 12.0. The van der Waals surface area contributed by atoms with Crippen molar-refractivity contribution in [3.63, 3.8) is 0 Å². The van der Waals surface area contributed by atoms with E-state index in [1.807, 2.05) is 50.2 Å². The van der Waals surface area contributed by atoms with Gasteiger partial charge in [-0.3, -0.25) is 4.79 Å². The summed E-state index contributed by atoms with van der Waals surface area (Å²) in [7, 11) is 0. The number of rotatable bonds is 5. The first kappa shape index (κ1) is 16.4. The highest BCUT2D eigenvalue weighted by Crippen LogP contribution is 2.29. The average Bonchev–Trinajstić information content (AvgIpc) is 2.51. The van der Waals surface area contributed by atoms with Crippen molar-refractivity contribution in [1.29, 1.82) is 0 Å². The molecule has 116 valence electrons. The van der Waals surface area contributed by atoms with Crippen LogP contribution in [0.1, 0.15) is 25.0 Å². The number of para-hydroxylation sites is 2. The number of nitrogens with one attached hydrogen (secondary N) is 1. The van der Waals surface area contributed by atoms with Crippen molar-refractivity contribution in [1.82, 2.24) is 0 Å². The molecule has 0 aliphatic rings. The number of anilines is 2. The molecule has 0 aromatic heterocycles. The van der Waals surface area contributed by atoms with Gasteiger partial charge in [-0.05, 0) is 43.5 Å². The monoisotopic (exact) mass is 314 g/mol. The molecule has 0 saturated heterocycles. The van der Waals surface area contributed by atoms with Crippen molar-refractivity contribution >= 4 is 29.0 Å². The zero-order valence-electron chi connectivity index (χ0n) is 13.2. The minimum absolute atomic E-state index is 0.00254. The Morgan fingerprint density at radius 3 is 2.64 bits per heavy atom. The van der Waals surface area contributed by atoms with Gasteiger partial charge in [-0.2, -0.15) is 0 Å².